The SMILES string of the molecule is O=C(C=Cc1ccc(F)cc1)Nc1cccc(C(=O)[O-])c1. The van der Waals surface area contributed by atoms with Crippen LogP contribution in [0.2, 0.25) is 0 Å². The van der Waals surface area contributed by atoms with E-state index in [9.17, 15) is 19.1 Å². The van der Waals surface area contributed by atoms with Crippen molar-refractivity contribution < 1.29 is 19.1 Å². The van der Waals surface area contributed by atoms with Crippen LogP contribution < -0.4 is 10.4 Å². The number of amides is 1. The summed E-state index contributed by atoms with van der Waals surface area (Å²) in [6, 6.07) is 11.4. The van der Waals surface area contributed by atoms with E-state index in [1.807, 2.05) is 0 Å². The van der Waals surface area contributed by atoms with E-state index in [0.717, 1.165) is 0 Å². The number of carbonyl (C=O) groups is 2. The molecule has 2 rings (SSSR count). The molecule has 0 aromatic heterocycles. The van der Waals surface area contributed by atoms with Gasteiger partial charge in [-0.2, -0.15) is 0 Å². The zero-order chi connectivity index (χ0) is 15.2. The van der Waals surface area contributed by atoms with E-state index in [1.54, 1.807) is 6.07 Å². The van der Waals surface area contributed by atoms with Crippen LogP contribution in [0.5, 0.6) is 0 Å². The molecule has 0 aliphatic heterocycles. The molecule has 2 aromatic carbocycles. The Labute approximate surface area is 120 Å². The molecule has 0 aliphatic rings. The molecule has 2 aromatic rings. The van der Waals surface area contributed by atoms with Crippen LogP contribution in [0.3, 0.4) is 0 Å². The summed E-state index contributed by atoms with van der Waals surface area (Å²) in [5, 5.41) is 13.2. The van der Waals surface area contributed by atoms with Gasteiger partial charge in [0.15, 0.2) is 0 Å². The molecule has 1 N–H and O–H groups in total. The zero-order valence-electron chi connectivity index (χ0n) is 10.9. The second-order valence-corrected chi connectivity index (χ2v) is 4.24. The van der Waals surface area contributed by atoms with Crippen LogP contribution in [0.25, 0.3) is 6.08 Å². The third-order valence-electron chi connectivity index (χ3n) is 2.66. The first-order valence-electron chi connectivity index (χ1n) is 6.10. The highest BCUT2D eigenvalue weighted by atomic mass is 19.1. The number of hydrogen-bond acceptors (Lipinski definition) is 3. The number of carbonyl (C=O) groups excluding carboxylic acids is 2. The van der Waals surface area contributed by atoms with E-state index in [4.69, 9.17) is 0 Å². The molecule has 0 spiro atoms. The molecule has 0 unspecified atom stereocenters. The number of nitrogens with one attached hydrogen (secondary N) is 1. The quantitative estimate of drug-likeness (QED) is 0.871. The van der Waals surface area contributed by atoms with E-state index in [2.05, 4.69) is 5.32 Å². The fraction of sp³-hybridized carbons (Fsp3) is 0. The zero-order valence-corrected chi connectivity index (χ0v) is 10.9. The molecule has 0 atom stereocenters. The number of rotatable bonds is 4. The van der Waals surface area contributed by atoms with Gasteiger partial charge in [-0.05, 0) is 41.5 Å². The first-order chi connectivity index (χ1) is 10.0. The Hall–Kier alpha value is -2.95. The van der Waals surface area contributed by atoms with Gasteiger partial charge in [0.2, 0.25) is 5.91 Å². The Morgan fingerprint density at radius 2 is 1.81 bits per heavy atom. The molecule has 0 heterocycles. The second kappa shape index (κ2) is 6.47. The summed E-state index contributed by atoms with van der Waals surface area (Å²) in [4.78, 5) is 22.4. The summed E-state index contributed by atoms with van der Waals surface area (Å²) in [5.41, 5.74) is 1.01. The van der Waals surface area contributed by atoms with Gasteiger partial charge in [0.1, 0.15) is 5.82 Å². The summed E-state index contributed by atoms with van der Waals surface area (Å²) in [5.74, 6) is -2.08. The fourth-order valence-corrected chi connectivity index (χ4v) is 1.65. The molecule has 0 radical (unpaired) electrons. The number of halogens is 1. The third kappa shape index (κ3) is 4.28. The highest BCUT2D eigenvalue weighted by Crippen LogP contribution is 2.10. The predicted octanol–water partition coefficient (Wildman–Crippen LogP) is 1.84. The van der Waals surface area contributed by atoms with Gasteiger partial charge in [-0.25, -0.2) is 4.39 Å². The Bertz CT molecular complexity index is 693. The molecule has 21 heavy (non-hydrogen) atoms. The maximum Gasteiger partial charge on any atom is 0.248 e. The average Bonchev–Trinajstić information content (AvgIpc) is 2.47. The van der Waals surface area contributed by atoms with Gasteiger partial charge in [0, 0.05) is 11.8 Å². The lowest BCUT2D eigenvalue weighted by Gasteiger charge is -2.06. The molecule has 1 amide bonds. The van der Waals surface area contributed by atoms with E-state index in [-0.39, 0.29) is 11.4 Å². The number of anilines is 1. The molecule has 4 nitrogen and oxygen atoms in total. The van der Waals surface area contributed by atoms with Crippen LogP contribution in [-0.4, -0.2) is 11.9 Å². The van der Waals surface area contributed by atoms with Crippen molar-refractivity contribution in [2.45, 2.75) is 0 Å². The van der Waals surface area contributed by atoms with Crippen molar-refractivity contribution in [3.63, 3.8) is 0 Å². The normalized spacial score (nSPS) is 10.5. The standard InChI is InChI=1S/C16H12FNO3/c17-13-7-4-11(5-8-13)6-9-15(19)18-14-3-1-2-12(10-14)16(20)21/h1-10H,(H,18,19)(H,20,21)/p-1. The van der Waals surface area contributed by atoms with Gasteiger partial charge < -0.3 is 15.2 Å². The van der Waals surface area contributed by atoms with Crippen molar-refractivity contribution >= 4 is 23.6 Å². The van der Waals surface area contributed by atoms with Gasteiger partial charge >= 0.3 is 0 Å². The van der Waals surface area contributed by atoms with Crippen LogP contribution in [0.4, 0.5) is 10.1 Å². The van der Waals surface area contributed by atoms with Crippen LogP contribution in [0.1, 0.15) is 15.9 Å². The summed E-state index contributed by atoms with van der Waals surface area (Å²) < 4.78 is 12.7. The topological polar surface area (TPSA) is 69.2 Å². The largest absolute Gasteiger partial charge is 0.545 e. The smallest absolute Gasteiger partial charge is 0.248 e. The van der Waals surface area contributed by atoms with Crippen molar-refractivity contribution in [2.75, 3.05) is 5.32 Å². The Morgan fingerprint density at radius 1 is 1.10 bits per heavy atom. The third-order valence-corrected chi connectivity index (χ3v) is 2.66. The summed E-state index contributed by atoms with van der Waals surface area (Å²) in [6.07, 6.45) is 2.80. The lowest BCUT2D eigenvalue weighted by Crippen LogP contribution is -2.22. The van der Waals surface area contributed by atoms with E-state index in [1.165, 1.54) is 54.6 Å². The summed E-state index contributed by atoms with van der Waals surface area (Å²) in [6.45, 7) is 0. The lowest BCUT2D eigenvalue weighted by molar-refractivity contribution is -0.255. The van der Waals surface area contributed by atoms with E-state index in [0.29, 0.717) is 11.3 Å². The van der Waals surface area contributed by atoms with Crippen LogP contribution in [0, 0.1) is 5.82 Å². The van der Waals surface area contributed by atoms with Gasteiger partial charge in [-0.1, -0.05) is 24.3 Å². The highest BCUT2D eigenvalue weighted by molar-refractivity contribution is 6.02. The van der Waals surface area contributed by atoms with Gasteiger partial charge in [0.05, 0.1) is 5.97 Å². The van der Waals surface area contributed by atoms with Crippen LogP contribution in [-0.2, 0) is 4.79 Å². The van der Waals surface area contributed by atoms with E-state index >= 15 is 0 Å². The minimum absolute atomic E-state index is 0.0182. The molecule has 106 valence electrons. The molecule has 0 bridgehead atoms. The minimum atomic E-state index is -1.31. The van der Waals surface area contributed by atoms with Crippen LogP contribution in [0.15, 0.2) is 54.6 Å². The number of carboxylic acids is 1. The van der Waals surface area contributed by atoms with Crippen molar-refractivity contribution in [3.8, 4) is 0 Å². The Kier molecular flexibility index (Phi) is 4.46. The first kappa shape index (κ1) is 14.5. The number of carboxylic acid groups (broad SMARTS) is 1. The molecule has 0 saturated heterocycles. The Morgan fingerprint density at radius 3 is 2.48 bits per heavy atom. The van der Waals surface area contributed by atoms with Crippen molar-refractivity contribution in [1.82, 2.24) is 0 Å². The van der Waals surface area contributed by atoms with Crippen molar-refractivity contribution in [3.05, 3.63) is 71.6 Å². The van der Waals surface area contributed by atoms with E-state index < -0.39 is 11.9 Å². The molecule has 5 heteroatoms. The number of hydrogen-bond donors (Lipinski definition) is 1. The number of aromatic carboxylic acids is 1. The molecule has 0 saturated carbocycles. The summed E-state index contributed by atoms with van der Waals surface area (Å²) >= 11 is 0. The van der Waals surface area contributed by atoms with Crippen LogP contribution >= 0.6 is 0 Å². The second-order valence-electron chi connectivity index (χ2n) is 4.24. The molecular formula is C16H11FNO3-. The predicted molar refractivity (Wildman–Crippen MR) is 74.8 cm³/mol. The Balaban J connectivity index is 2.03. The highest BCUT2D eigenvalue weighted by Gasteiger charge is 2.00. The fourth-order valence-electron chi connectivity index (χ4n) is 1.65. The number of benzene rings is 2. The summed E-state index contributed by atoms with van der Waals surface area (Å²) in [7, 11) is 0. The van der Waals surface area contributed by atoms with Gasteiger partial charge in [-0.3, -0.25) is 4.79 Å². The molecule has 0 fully saturated rings. The van der Waals surface area contributed by atoms with Crippen molar-refractivity contribution in [1.29, 1.82) is 0 Å². The maximum absolute atomic E-state index is 12.7. The van der Waals surface area contributed by atoms with Crippen molar-refractivity contribution in [2.24, 2.45) is 0 Å². The lowest BCUT2D eigenvalue weighted by atomic mass is 10.2. The van der Waals surface area contributed by atoms with Gasteiger partial charge in [-0.15, -0.1) is 0 Å². The maximum atomic E-state index is 12.7. The molecular weight excluding hydrogens is 273 g/mol. The first-order valence-corrected chi connectivity index (χ1v) is 6.10. The van der Waals surface area contributed by atoms with Gasteiger partial charge in [0.25, 0.3) is 0 Å². The minimum Gasteiger partial charge on any atom is -0.545 e. The average molecular weight is 284 g/mol. The molecule has 0 aliphatic carbocycles. The monoisotopic (exact) mass is 284 g/mol.